The Morgan fingerprint density at radius 1 is 1.14 bits per heavy atom. The number of pyridine rings is 1. The Bertz CT molecular complexity index is 997. The molecule has 0 atom stereocenters. The van der Waals surface area contributed by atoms with Crippen LogP contribution in [0.15, 0.2) is 24.4 Å². The average Bonchev–Trinajstić information content (AvgIpc) is 3.12. The molecule has 0 amide bonds. The van der Waals surface area contributed by atoms with Crippen LogP contribution in [0.3, 0.4) is 0 Å². The van der Waals surface area contributed by atoms with Crippen molar-refractivity contribution in [2.45, 2.75) is 32.0 Å². The Labute approximate surface area is 164 Å². The summed E-state index contributed by atoms with van der Waals surface area (Å²) in [4.78, 5) is 6.07. The SMILES string of the molecule is COc1ccc(OC2CCN(c3nn4c(C(F)(F)F)nnc4cc3C)CC2)cn1. The molecule has 4 heterocycles. The van der Waals surface area contributed by atoms with Crippen molar-refractivity contribution in [1.82, 2.24) is 24.8 Å². The smallest absolute Gasteiger partial charge is 0.453 e. The Morgan fingerprint density at radius 3 is 2.52 bits per heavy atom. The molecule has 0 aliphatic carbocycles. The minimum atomic E-state index is -4.62. The lowest BCUT2D eigenvalue weighted by molar-refractivity contribution is -0.146. The van der Waals surface area contributed by atoms with Crippen LogP contribution >= 0.6 is 0 Å². The van der Waals surface area contributed by atoms with Gasteiger partial charge < -0.3 is 14.4 Å². The number of rotatable bonds is 4. The van der Waals surface area contributed by atoms with Gasteiger partial charge in [-0.1, -0.05) is 0 Å². The lowest BCUT2D eigenvalue weighted by atomic mass is 10.1. The van der Waals surface area contributed by atoms with Gasteiger partial charge in [0.1, 0.15) is 11.9 Å². The van der Waals surface area contributed by atoms with Crippen molar-refractivity contribution in [3.63, 3.8) is 0 Å². The first-order valence-corrected chi connectivity index (χ1v) is 9.07. The van der Waals surface area contributed by atoms with Crippen LogP contribution in [0.5, 0.6) is 11.6 Å². The molecule has 1 aliphatic rings. The molecule has 4 rings (SSSR count). The van der Waals surface area contributed by atoms with E-state index in [1.165, 1.54) is 0 Å². The molecule has 0 aromatic carbocycles. The minimum absolute atomic E-state index is 0.00821. The molecule has 29 heavy (non-hydrogen) atoms. The van der Waals surface area contributed by atoms with Gasteiger partial charge in [-0.15, -0.1) is 15.3 Å². The predicted molar refractivity (Wildman–Crippen MR) is 97.2 cm³/mol. The number of fused-ring (bicyclic) bond motifs is 1. The van der Waals surface area contributed by atoms with Crippen LogP contribution in [0.4, 0.5) is 19.0 Å². The van der Waals surface area contributed by atoms with Crippen molar-refractivity contribution < 1.29 is 22.6 Å². The van der Waals surface area contributed by atoms with E-state index in [1.54, 1.807) is 38.4 Å². The van der Waals surface area contributed by atoms with Gasteiger partial charge in [0.25, 0.3) is 5.82 Å². The Kier molecular flexibility index (Phi) is 4.89. The average molecular weight is 408 g/mol. The summed E-state index contributed by atoms with van der Waals surface area (Å²) in [5.74, 6) is 0.530. The minimum Gasteiger partial charge on any atom is -0.489 e. The molecule has 154 valence electrons. The second kappa shape index (κ2) is 7.37. The third-order valence-corrected chi connectivity index (χ3v) is 4.77. The van der Waals surface area contributed by atoms with E-state index < -0.39 is 12.0 Å². The summed E-state index contributed by atoms with van der Waals surface area (Å²) < 4.78 is 51.1. The van der Waals surface area contributed by atoms with Crippen LogP contribution in [-0.2, 0) is 6.18 Å². The number of ether oxygens (including phenoxy) is 2. The molecule has 8 nitrogen and oxygen atoms in total. The molecule has 3 aromatic heterocycles. The number of anilines is 1. The molecule has 0 N–H and O–H groups in total. The zero-order valence-electron chi connectivity index (χ0n) is 15.8. The maximum Gasteiger partial charge on any atom is 0.453 e. The summed E-state index contributed by atoms with van der Waals surface area (Å²) in [6.45, 7) is 3.02. The number of aryl methyl sites for hydroxylation is 1. The molecule has 11 heteroatoms. The molecular formula is C18H19F3N6O2. The number of hydrogen-bond acceptors (Lipinski definition) is 7. The summed E-state index contributed by atoms with van der Waals surface area (Å²) in [6, 6.07) is 5.09. The van der Waals surface area contributed by atoms with Crippen molar-refractivity contribution in [1.29, 1.82) is 0 Å². The van der Waals surface area contributed by atoms with Crippen molar-refractivity contribution >= 4 is 11.5 Å². The Balaban J connectivity index is 1.47. The molecule has 1 aliphatic heterocycles. The highest BCUT2D eigenvalue weighted by molar-refractivity contribution is 5.53. The molecule has 0 radical (unpaired) electrons. The van der Waals surface area contributed by atoms with E-state index in [0.717, 1.165) is 10.1 Å². The number of nitrogens with zero attached hydrogens (tertiary/aromatic N) is 6. The number of aromatic nitrogens is 5. The van der Waals surface area contributed by atoms with Crippen LogP contribution in [-0.4, -0.2) is 51.1 Å². The van der Waals surface area contributed by atoms with Crippen molar-refractivity contribution in [3.05, 3.63) is 35.8 Å². The van der Waals surface area contributed by atoms with E-state index in [1.807, 2.05) is 4.90 Å². The van der Waals surface area contributed by atoms with E-state index >= 15 is 0 Å². The highest BCUT2D eigenvalue weighted by Crippen LogP contribution is 2.30. The molecule has 0 bridgehead atoms. The number of piperidine rings is 1. The van der Waals surface area contributed by atoms with Crippen LogP contribution in [0.2, 0.25) is 0 Å². The summed E-state index contributed by atoms with van der Waals surface area (Å²) in [5.41, 5.74) is 0.821. The van der Waals surface area contributed by atoms with Gasteiger partial charge in [-0.05, 0) is 24.6 Å². The van der Waals surface area contributed by atoms with E-state index in [4.69, 9.17) is 9.47 Å². The summed E-state index contributed by atoms with van der Waals surface area (Å²) >= 11 is 0. The van der Waals surface area contributed by atoms with Gasteiger partial charge in [0.05, 0.1) is 13.3 Å². The van der Waals surface area contributed by atoms with Gasteiger partial charge in [0, 0.05) is 32.0 Å². The molecule has 0 saturated carbocycles. The molecular weight excluding hydrogens is 389 g/mol. The predicted octanol–water partition coefficient (Wildman–Crippen LogP) is 2.90. The van der Waals surface area contributed by atoms with Crippen LogP contribution in [0, 0.1) is 6.92 Å². The van der Waals surface area contributed by atoms with Crippen molar-refractivity contribution in [2.75, 3.05) is 25.1 Å². The maximum absolute atomic E-state index is 13.1. The van der Waals surface area contributed by atoms with E-state index in [0.29, 0.717) is 43.4 Å². The van der Waals surface area contributed by atoms with Crippen LogP contribution in [0.25, 0.3) is 5.65 Å². The standard InChI is InChI=1S/C18H19F3N6O2/c1-11-9-14-23-24-17(18(19,20)21)27(14)25-16(11)26-7-5-12(6-8-26)29-13-3-4-15(28-2)22-10-13/h3-4,9-10,12H,5-8H2,1-2H3. The lowest BCUT2D eigenvalue weighted by Gasteiger charge is -2.33. The quantitative estimate of drug-likeness (QED) is 0.657. The number of methoxy groups -OCH3 is 1. The largest absolute Gasteiger partial charge is 0.489 e. The van der Waals surface area contributed by atoms with Gasteiger partial charge in [-0.3, -0.25) is 0 Å². The highest BCUT2D eigenvalue weighted by atomic mass is 19.4. The first-order chi connectivity index (χ1) is 13.8. The summed E-state index contributed by atoms with van der Waals surface area (Å²) in [7, 11) is 1.55. The number of halogens is 3. The third kappa shape index (κ3) is 3.89. The van der Waals surface area contributed by atoms with E-state index in [9.17, 15) is 13.2 Å². The fourth-order valence-electron chi connectivity index (χ4n) is 3.34. The number of alkyl halides is 3. The van der Waals surface area contributed by atoms with Crippen LogP contribution in [0.1, 0.15) is 24.2 Å². The second-order valence-electron chi connectivity index (χ2n) is 6.78. The summed E-state index contributed by atoms with van der Waals surface area (Å²) in [6.07, 6.45) is -1.60. The van der Waals surface area contributed by atoms with Gasteiger partial charge in [-0.2, -0.15) is 17.7 Å². The van der Waals surface area contributed by atoms with E-state index in [2.05, 4.69) is 20.3 Å². The van der Waals surface area contributed by atoms with Gasteiger partial charge >= 0.3 is 6.18 Å². The zero-order valence-corrected chi connectivity index (χ0v) is 15.8. The maximum atomic E-state index is 13.1. The molecule has 0 unspecified atom stereocenters. The van der Waals surface area contributed by atoms with Crippen molar-refractivity contribution in [2.24, 2.45) is 0 Å². The second-order valence-corrected chi connectivity index (χ2v) is 6.78. The first-order valence-electron chi connectivity index (χ1n) is 9.07. The van der Waals surface area contributed by atoms with Gasteiger partial charge in [0.2, 0.25) is 5.88 Å². The van der Waals surface area contributed by atoms with Gasteiger partial charge in [-0.25, -0.2) is 4.98 Å². The molecule has 0 spiro atoms. The van der Waals surface area contributed by atoms with Crippen molar-refractivity contribution in [3.8, 4) is 11.6 Å². The molecule has 1 saturated heterocycles. The first kappa shape index (κ1) is 19.2. The van der Waals surface area contributed by atoms with Gasteiger partial charge in [0.15, 0.2) is 11.5 Å². The molecule has 1 fully saturated rings. The van der Waals surface area contributed by atoms with Crippen LogP contribution < -0.4 is 14.4 Å². The highest BCUT2D eigenvalue weighted by Gasteiger charge is 2.38. The molecule has 3 aromatic rings. The Morgan fingerprint density at radius 2 is 1.90 bits per heavy atom. The number of hydrogen-bond donors (Lipinski definition) is 0. The zero-order chi connectivity index (χ0) is 20.6. The summed E-state index contributed by atoms with van der Waals surface area (Å²) in [5, 5.41) is 11.0. The Hall–Kier alpha value is -3.11. The fraction of sp³-hybridized carbons (Fsp3) is 0.444. The lowest BCUT2D eigenvalue weighted by Crippen LogP contribution is -2.39. The fourth-order valence-corrected chi connectivity index (χ4v) is 3.34. The monoisotopic (exact) mass is 408 g/mol. The third-order valence-electron chi connectivity index (χ3n) is 4.77. The normalized spacial score (nSPS) is 15.7. The topological polar surface area (TPSA) is 77.7 Å². The van der Waals surface area contributed by atoms with E-state index in [-0.39, 0.29) is 11.8 Å².